The predicted octanol–water partition coefficient (Wildman–Crippen LogP) is 0.972. The highest BCUT2D eigenvalue weighted by atomic mass is 32.1. The molecule has 1 unspecified atom stereocenters. The van der Waals surface area contributed by atoms with Gasteiger partial charge in [-0.1, -0.05) is 27.7 Å². The average molecular weight is 290 g/mol. The molecule has 0 aromatic carbocycles. The first-order valence-corrected chi connectivity index (χ1v) is 7.21. The number of nitrogens with one attached hydrogen (secondary N) is 1. The molecule has 0 aliphatic carbocycles. The van der Waals surface area contributed by atoms with Crippen molar-refractivity contribution >= 4 is 24.5 Å². The Labute approximate surface area is 121 Å². The lowest BCUT2D eigenvalue weighted by atomic mass is 10.0. The molecule has 0 heterocycles. The normalized spacial score (nSPS) is 16.1. The lowest BCUT2D eigenvalue weighted by molar-refractivity contribution is -0.152. The third-order valence-electron chi connectivity index (χ3n) is 2.81. The van der Waals surface area contributed by atoms with Crippen molar-refractivity contribution in [2.45, 2.75) is 52.8 Å². The van der Waals surface area contributed by atoms with Gasteiger partial charge in [0.1, 0.15) is 12.1 Å². The summed E-state index contributed by atoms with van der Waals surface area (Å²) >= 11 is 4.06. The largest absolute Gasteiger partial charge is 0.460 e. The number of ether oxygens (including phenoxy) is 1. The summed E-state index contributed by atoms with van der Waals surface area (Å²) in [5.41, 5.74) is 5.76. The van der Waals surface area contributed by atoms with Crippen molar-refractivity contribution in [3.05, 3.63) is 0 Å². The van der Waals surface area contributed by atoms with E-state index >= 15 is 0 Å². The van der Waals surface area contributed by atoms with Gasteiger partial charge in [-0.2, -0.15) is 12.6 Å². The fraction of sp³-hybridized carbons (Fsp3) is 0.846. The number of hydrogen-bond acceptors (Lipinski definition) is 5. The van der Waals surface area contributed by atoms with Gasteiger partial charge in [0.15, 0.2) is 0 Å². The SMILES string of the molecule is CC(CS)OC(=O)[C@@H](NC(=O)[C@H](N)C(C)C)C(C)C. The number of hydrogen-bond donors (Lipinski definition) is 3. The van der Waals surface area contributed by atoms with Crippen LogP contribution in [0, 0.1) is 11.8 Å². The van der Waals surface area contributed by atoms with Gasteiger partial charge in [-0.3, -0.25) is 4.79 Å². The summed E-state index contributed by atoms with van der Waals surface area (Å²) in [5.74, 6) is -0.385. The maximum Gasteiger partial charge on any atom is 0.329 e. The zero-order valence-electron chi connectivity index (χ0n) is 12.3. The Morgan fingerprint density at radius 2 is 1.68 bits per heavy atom. The lowest BCUT2D eigenvalue weighted by Crippen LogP contribution is -2.52. The summed E-state index contributed by atoms with van der Waals surface area (Å²) < 4.78 is 5.19. The number of rotatable bonds is 7. The van der Waals surface area contributed by atoms with Crippen LogP contribution in [0.5, 0.6) is 0 Å². The van der Waals surface area contributed by atoms with Crippen LogP contribution in [0.2, 0.25) is 0 Å². The highest BCUT2D eigenvalue weighted by molar-refractivity contribution is 7.80. The molecule has 0 rings (SSSR count). The van der Waals surface area contributed by atoms with Crippen LogP contribution in [0.1, 0.15) is 34.6 Å². The van der Waals surface area contributed by atoms with Crippen LogP contribution < -0.4 is 11.1 Å². The van der Waals surface area contributed by atoms with Crippen LogP contribution in [0.3, 0.4) is 0 Å². The number of esters is 1. The first-order chi connectivity index (χ1) is 8.70. The summed E-state index contributed by atoms with van der Waals surface area (Å²) in [7, 11) is 0. The maximum atomic E-state index is 12.0. The molecule has 3 atom stereocenters. The molecule has 0 fully saturated rings. The van der Waals surface area contributed by atoms with Gasteiger partial charge in [-0.05, 0) is 18.8 Å². The highest BCUT2D eigenvalue weighted by Gasteiger charge is 2.29. The average Bonchev–Trinajstić information content (AvgIpc) is 2.33. The molecule has 0 aromatic heterocycles. The van der Waals surface area contributed by atoms with E-state index in [0.717, 1.165) is 0 Å². The van der Waals surface area contributed by atoms with Crippen LogP contribution >= 0.6 is 12.6 Å². The van der Waals surface area contributed by atoms with Gasteiger partial charge in [-0.15, -0.1) is 0 Å². The number of carbonyl (C=O) groups excluding carboxylic acids is 2. The standard InChI is InChI=1S/C13H26N2O3S/c1-7(2)10(14)12(16)15-11(8(3)4)13(17)18-9(5)6-19/h7-11,19H,6,14H2,1-5H3,(H,15,16)/t9?,10-,11+/m1/s1. The van der Waals surface area contributed by atoms with Crippen LogP contribution in [0.15, 0.2) is 0 Å². The second-order valence-corrected chi connectivity index (χ2v) is 5.80. The van der Waals surface area contributed by atoms with E-state index in [9.17, 15) is 9.59 Å². The van der Waals surface area contributed by atoms with Gasteiger partial charge in [0, 0.05) is 5.75 Å². The van der Waals surface area contributed by atoms with E-state index in [1.54, 1.807) is 6.92 Å². The van der Waals surface area contributed by atoms with Crippen molar-refractivity contribution in [1.82, 2.24) is 5.32 Å². The molecule has 6 heteroatoms. The van der Waals surface area contributed by atoms with Gasteiger partial charge < -0.3 is 15.8 Å². The minimum atomic E-state index is -0.681. The minimum Gasteiger partial charge on any atom is -0.460 e. The van der Waals surface area contributed by atoms with E-state index in [2.05, 4.69) is 17.9 Å². The third-order valence-corrected chi connectivity index (χ3v) is 3.33. The Kier molecular flexibility index (Phi) is 8.09. The summed E-state index contributed by atoms with van der Waals surface area (Å²) in [5, 5.41) is 2.66. The van der Waals surface area contributed by atoms with Gasteiger partial charge in [0.05, 0.1) is 6.04 Å². The highest BCUT2D eigenvalue weighted by Crippen LogP contribution is 2.08. The fourth-order valence-corrected chi connectivity index (χ4v) is 1.43. The molecule has 5 nitrogen and oxygen atoms in total. The molecule has 0 aliphatic heterocycles. The Hall–Kier alpha value is -0.750. The first-order valence-electron chi connectivity index (χ1n) is 6.58. The molecule has 0 saturated heterocycles. The van der Waals surface area contributed by atoms with Crippen LogP contribution in [0.25, 0.3) is 0 Å². The molecule has 1 amide bonds. The Morgan fingerprint density at radius 3 is 2.05 bits per heavy atom. The van der Waals surface area contributed by atoms with E-state index in [1.165, 1.54) is 0 Å². The second kappa shape index (κ2) is 8.43. The van der Waals surface area contributed by atoms with E-state index in [-0.39, 0.29) is 23.8 Å². The Bertz CT molecular complexity index is 308. The molecule has 0 aliphatic rings. The summed E-state index contributed by atoms with van der Waals surface area (Å²) in [6, 6.07) is -1.31. The number of amides is 1. The monoisotopic (exact) mass is 290 g/mol. The van der Waals surface area contributed by atoms with Gasteiger partial charge in [0.2, 0.25) is 5.91 Å². The minimum absolute atomic E-state index is 0.0141. The topological polar surface area (TPSA) is 81.4 Å². The van der Waals surface area contributed by atoms with Crippen LogP contribution in [-0.4, -0.2) is 35.8 Å². The molecule has 0 bridgehead atoms. The van der Waals surface area contributed by atoms with Crippen molar-refractivity contribution in [1.29, 1.82) is 0 Å². The van der Waals surface area contributed by atoms with E-state index in [1.807, 2.05) is 27.7 Å². The molecular weight excluding hydrogens is 264 g/mol. The van der Waals surface area contributed by atoms with Crippen molar-refractivity contribution in [3.8, 4) is 0 Å². The summed E-state index contributed by atoms with van der Waals surface area (Å²) in [6.07, 6.45) is -0.284. The smallest absolute Gasteiger partial charge is 0.329 e. The first kappa shape index (κ1) is 18.2. The quantitative estimate of drug-likeness (QED) is 0.482. The Balaban J connectivity index is 4.66. The third kappa shape index (κ3) is 6.29. The molecular formula is C13H26N2O3S. The molecule has 0 radical (unpaired) electrons. The predicted molar refractivity (Wildman–Crippen MR) is 79.0 cm³/mol. The van der Waals surface area contributed by atoms with Crippen LogP contribution in [-0.2, 0) is 14.3 Å². The lowest BCUT2D eigenvalue weighted by Gasteiger charge is -2.25. The van der Waals surface area contributed by atoms with Gasteiger partial charge in [0.25, 0.3) is 0 Å². The summed E-state index contributed by atoms with van der Waals surface area (Å²) in [6.45, 7) is 9.16. The molecule has 112 valence electrons. The molecule has 0 saturated carbocycles. The van der Waals surface area contributed by atoms with Crippen molar-refractivity contribution in [3.63, 3.8) is 0 Å². The zero-order valence-corrected chi connectivity index (χ0v) is 13.2. The molecule has 0 spiro atoms. The van der Waals surface area contributed by atoms with Crippen molar-refractivity contribution < 1.29 is 14.3 Å². The van der Waals surface area contributed by atoms with Gasteiger partial charge in [-0.25, -0.2) is 4.79 Å². The van der Waals surface area contributed by atoms with Crippen LogP contribution in [0.4, 0.5) is 0 Å². The maximum absolute atomic E-state index is 12.0. The van der Waals surface area contributed by atoms with E-state index in [0.29, 0.717) is 5.75 Å². The molecule has 3 N–H and O–H groups in total. The van der Waals surface area contributed by atoms with E-state index < -0.39 is 18.1 Å². The fourth-order valence-electron chi connectivity index (χ4n) is 1.36. The summed E-state index contributed by atoms with van der Waals surface area (Å²) in [4.78, 5) is 23.9. The molecule has 0 aromatic rings. The van der Waals surface area contributed by atoms with Crippen molar-refractivity contribution in [2.24, 2.45) is 17.6 Å². The van der Waals surface area contributed by atoms with Crippen molar-refractivity contribution in [2.75, 3.05) is 5.75 Å². The molecule has 19 heavy (non-hydrogen) atoms. The number of carbonyl (C=O) groups is 2. The second-order valence-electron chi connectivity index (χ2n) is 5.43. The number of nitrogens with two attached hydrogens (primary N) is 1. The van der Waals surface area contributed by atoms with E-state index in [4.69, 9.17) is 10.5 Å². The van der Waals surface area contributed by atoms with Gasteiger partial charge >= 0.3 is 5.97 Å². The zero-order chi connectivity index (χ0) is 15.2. The number of thiol groups is 1. The Morgan fingerprint density at radius 1 is 1.16 bits per heavy atom.